The van der Waals surface area contributed by atoms with Crippen molar-refractivity contribution in [2.75, 3.05) is 19.8 Å². The first-order chi connectivity index (χ1) is 14.2. The van der Waals surface area contributed by atoms with Crippen LogP contribution < -0.4 is 0 Å². The molecule has 0 bridgehead atoms. The summed E-state index contributed by atoms with van der Waals surface area (Å²) in [5, 5.41) is 9.15. The molecule has 0 radical (unpaired) electrons. The van der Waals surface area contributed by atoms with E-state index < -0.39 is 0 Å². The van der Waals surface area contributed by atoms with Crippen molar-refractivity contribution in [3.8, 4) is 0 Å². The van der Waals surface area contributed by atoms with E-state index in [0.717, 1.165) is 48.2 Å². The number of nitrogens with zero attached hydrogens (tertiary/aromatic N) is 5. The van der Waals surface area contributed by atoms with Gasteiger partial charge in [-0.05, 0) is 50.5 Å². The Balaban J connectivity index is 1.36. The van der Waals surface area contributed by atoms with Crippen LogP contribution in [0.3, 0.4) is 0 Å². The van der Waals surface area contributed by atoms with Crippen LogP contribution in [0, 0.1) is 11.8 Å². The summed E-state index contributed by atoms with van der Waals surface area (Å²) < 4.78 is 7.88. The lowest BCUT2D eigenvalue weighted by atomic mass is 9.93. The molecule has 3 aromatic heterocycles. The van der Waals surface area contributed by atoms with E-state index in [2.05, 4.69) is 49.4 Å². The summed E-state index contributed by atoms with van der Waals surface area (Å²) in [6.45, 7) is 7.72. The van der Waals surface area contributed by atoms with Crippen LogP contribution in [0.15, 0.2) is 18.5 Å². The molecule has 3 aromatic rings. The highest BCUT2D eigenvalue weighted by molar-refractivity contribution is 5.74. The molecule has 1 N–H and O–H groups in total. The van der Waals surface area contributed by atoms with Crippen molar-refractivity contribution in [1.82, 2.24) is 29.5 Å². The lowest BCUT2D eigenvalue weighted by Crippen LogP contribution is -2.63. The number of H-pyrrole nitrogens is 1. The number of ether oxygens (including phenoxy) is 1. The molecule has 4 heterocycles. The van der Waals surface area contributed by atoms with E-state index in [1.54, 1.807) is 0 Å². The van der Waals surface area contributed by atoms with Gasteiger partial charge in [0.2, 0.25) is 0 Å². The Kier molecular flexibility index (Phi) is 4.00. The van der Waals surface area contributed by atoms with Gasteiger partial charge in [0.1, 0.15) is 5.82 Å². The summed E-state index contributed by atoms with van der Waals surface area (Å²) in [5.41, 5.74) is 3.04. The van der Waals surface area contributed by atoms with Crippen molar-refractivity contribution in [2.24, 2.45) is 11.8 Å². The van der Waals surface area contributed by atoms with Gasteiger partial charge >= 0.3 is 0 Å². The molecule has 6 rings (SSSR count). The van der Waals surface area contributed by atoms with Crippen LogP contribution >= 0.6 is 0 Å². The molecule has 1 aliphatic heterocycles. The van der Waals surface area contributed by atoms with Gasteiger partial charge in [-0.1, -0.05) is 13.3 Å². The Bertz CT molecular complexity index is 1030. The fourth-order valence-electron chi connectivity index (χ4n) is 5.71. The van der Waals surface area contributed by atoms with Crippen LogP contribution in [-0.2, 0) is 4.74 Å². The Morgan fingerprint density at radius 2 is 2.14 bits per heavy atom. The zero-order valence-corrected chi connectivity index (χ0v) is 17.3. The molecule has 3 fully saturated rings. The molecule has 2 aliphatic carbocycles. The monoisotopic (exact) mass is 394 g/mol. The normalized spacial score (nSPS) is 29.1. The van der Waals surface area contributed by atoms with Crippen molar-refractivity contribution < 1.29 is 4.74 Å². The summed E-state index contributed by atoms with van der Waals surface area (Å²) in [6, 6.07) is 2.69. The van der Waals surface area contributed by atoms with Gasteiger partial charge in [0.15, 0.2) is 11.3 Å². The third-order valence-corrected chi connectivity index (χ3v) is 7.60. The van der Waals surface area contributed by atoms with Gasteiger partial charge < -0.3 is 9.72 Å². The molecule has 29 heavy (non-hydrogen) atoms. The van der Waals surface area contributed by atoms with E-state index in [0.29, 0.717) is 17.9 Å². The second-order valence-electron chi connectivity index (χ2n) is 9.71. The Morgan fingerprint density at radius 1 is 1.28 bits per heavy atom. The van der Waals surface area contributed by atoms with Crippen molar-refractivity contribution in [2.45, 2.75) is 63.5 Å². The fraction of sp³-hybridized carbons (Fsp3) is 0.682. The van der Waals surface area contributed by atoms with Crippen molar-refractivity contribution in [3.63, 3.8) is 0 Å². The van der Waals surface area contributed by atoms with Gasteiger partial charge in [-0.15, -0.1) is 10.2 Å². The first-order valence-corrected chi connectivity index (χ1v) is 11.2. The van der Waals surface area contributed by atoms with Crippen molar-refractivity contribution >= 4 is 16.8 Å². The second kappa shape index (κ2) is 6.51. The van der Waals surface area contributed by atoms with E-state index >= 15 is 0 Å². The van der Waals surface area contributed by atoms with Crippen LogP contribution in [0.5, 0.6) is 0 Å². The molecule has 0 amide bonds. The quantitative estimate of drug-likeness (QED) is 0.694. The fourth-order valence-corrected chi connectivity index (χ4v) is 5.71. The predicted octanol–water partition coefficient (Wildman–Crippen LogP) is 3.38. The number of fused-ring (bicyclic) bond motifs is 3. The van der Waals surface area contributed by atoms with E-state index in [-0.39, 0.29) is 5.54 Å². The molecule has 7 heteroatoms. The lowest BCUT2D eigenvalue weighted by molar-refractivity contribution is -0.145. The largest absolute Gasteiger partial charge is 0.377 e. The topological polar surface area (TPSA) is 71.3 Å². The van der Waals surface area contributed by atoms with E-state index in [1.807, 2.05) is 12.4 Å². The smallest absolute Gasteiger partial charge is 0.179 e. The van der Waals surface area contributed by atoms with Gasteiger partial charge in [0.25, 0.3) is 0 Å². The van der Waals surface area contributed by atoms with Crippen molar-refractivity contribution in [3.05, 3.63) is 24.3 Å². The van der Waals surface area contributed by atoms with Crippen LogP contribution in [0.4, 0.5) is 0 Å². The van der Waals surface area contributed by atoms with Gasteiger partial charge in [-0.25, -0.2) is 4.98 Å². The average Bonchev–Trinajstić information content (AvgIpc) is 3.10. The highest BCUT2D eigenvalue weighted by Gasteiger charge is 2.49. The molecule has 1 unspecified atom stereocenters. The number of hydrogen-bond donors (Lipinski definition) is 1. The van der Waals surface area contributed by atoms with Crippen LogP contribution in [0.25, 0.3) is 16.8 Å². The highest BCUT2D eigenvalue weighted by atomic mass is 16.5. The second-order valence-corrected chi connectivity index (χ2v) is 9.71. The molecule has 2 saturated carbocycles. The van der Waals surface area contributed by atoms with E-state index in [1.165, 1.54) is 32.2 Å². The summed E-state index contributed by atoms with van der Waals surface area (Å²) >= 11 is 0. The highest BCUT2D eigenvalue weighted by Crippen LogP contribution is 2.47. The standard InChI is InChI=1S/C22H30N6O/c1-3-15-8-16(27(11-14-4-5-14)22(2)12-29-13-22)9-17(15)21-26-25-19-10-24-20-18(28(19)21)6-7-23-20/h6-7,10,14-17,23H,3-5,8-9,11-13H2,1-2H3/t15-,16+,17?/m1/s1. The minimum absolute atomic E-state index is 0.213. The van der Waals surface area contributed by atoms with Gasteiger partial charge in [0.05, 0.1) is 30.5 Å². The lowest BCUT2D eigenvalue weighted by Gasteiger charge is -2.50. The third kappa shape index (κ3) is 2.81. The first-order valence-electron chi connectivity index (χ1n) is 11.2. The molecule has 154 valence electrons. The molecule has 3 aliphatic rings. The Morgan fingerprint density at radius 3 is 2.86 bits per heavy atom. The zero-order chi connectivity index (χ0) is 19.6. The molecular weight excluding hydrogens is 364 g/mol. The number of aromatic nitrogens is 5. The Hall–Kier alpha value is -1.99. The first kappa shape index (κ1) is 17.8. The zero-order valence-electron chi connectivity index (χ0n) is 17.3. The summed E-state index contributed by atoms with van der Waals surface area (Å²) in [7, 11) is 0. The average molecular weight is 395 g/mol. The molecule has 3 atom stereocenters. The van der Waals surface area contributed by atoms with E-state index in [9.17, 15) is 0 Å². The predicted molar refractivity (Wildman–Crippen MR) is 111 cm³/mol. The number of rotatable bonds is 6. The van der Waals surface area contributed by atoms with Crippen LogP contribution in [0.1, 0.15) is 57.7 Å². The number of nitrogens with one attached hydrogen (secondary N) is 1. The Labute approximate surface area is 170 Å². The minimum Gasteiger partial charge on any atom is -0.377 e. The van der Waals surface area contributed by atoms with Gasteiger partial charge in [0, 0.05) is 24.7 Å². The maximum absolute atomic E-state index is 5.65. The summed E-state index contributed by atoms with van der Waals surface area (Å²) in [4.78, 5) is 10.5. The molecule has 1 saturated heterocycles. The molecule has 0 aromatic carbocycles. The third-order valence-electron chi connectivity index (χ3n) is 7.60. The van der Waals surface area contributed by atoms with Gasteiger partial charge in [-0.3, -0.25) is 9.30 Å². The van der Waals surface area contributed by atoms with Gasteiger partial charge in [-0.2, -0.15) is 0 Å². The number of hydrogen-bond acceptors (Lipinski definition) is 5. The maximum Gasteiger partial charge on any atom is 0.179 e. The summed E-state index contributed by atoms with van der Waals surface area (Å²) in [5.74, 6) is 3.08. The van der Waals surface area contributed by atoms with E-state index in [4.69, 9.17) is 4.74 Å². The molecule has 7 nitrogen and oxygen atoms in total. The minimum atomic E-state index is 0.213. The SMILES string of the molecule is CC[C@@H]1C[C@H](N(CC2CC2)C2(C)COC2)CC1c1nnc2cnc3[nH]ccc3n12. The van der Waals surface area contributed by atoms with Crippen LogP contribution in [0.2, 0.25) is 0 Å². The number of aromatic amines is 1. The molecular formula is C22H30N6O. The maximum atomic E-state index is 5.65. The van der Waals surface area contributed by atoms with Crippen molar-refractivity contribution in [1.29, 1.82) is 0 Å². The van der Waals surface area contributed by atoms with Crippen LogP contribution in [-0.4, -0.2) is 60.8 Å². The summed E-state index contributed by atoms with van der Waals surface area (Å²) in [6.07, 6.45) is 10.2. The molecule has 0 spiro atoms.